The highest BCUT2D eigenvalue weighted by Gasteiger charge is 2.21. The molecule has 0 fully saturated rings. The normalized spacial score (nSPS) is 10.8. The van der Waals surface area contributed by atoms with Crippen molar-refractivity contribution in [1.82, 2.24) is 9.55 Å². The standard InChI is InChI=1S/C28H28ClN3O4S/c1-18-10-12-20(13-11-18)32-23(19-14-24(34-3)27(36-5)25(15-19)35-4)16-30-28(32)37-17-26(33)31(2)22-9-7-6-8-21(22)29/h6-16H,17H2,1-5H3. The quantitative estimate of drug-likeness (QED) is 0.234. The lowest BCUT2D eigenvalue weighted by Gasteiger charge is -2.19. The van der Waals surface area contributed by atoms with Crippen molar-refractivity contribution in [3.8, 4) is 34.2 Å². The number of aryl methyl sites for hydroxylation is 1. The largest absolute Gasteiger partial charge is 0.493 e. The van der Waals surface area contributed by atoms with Crippen LogP contribution in [0.3, 0.4) is 0 Å². The van der Waals surface area contributed by atoms with Crippen LogP contribution in [0, 0.1) is 6.92 Å². The molecule has 4 aromatic rings. The summed E-state index contributed by atoms with van der Waals surface area (Å²) in [6.45, 7) is 2.04. The van der Waals surface area contributed by atoms with Gasteiger partial charge in [0.05, 0.1) is 49.7 Å². The Morgan fingerprint density at radius 1 is 1.00 bits per heavy atom. The van der Waals surface area contributed by atoms with E-state index in [2.05, 4.69) is 4.98 Å². The van der Waals surface area contributed by atoms with Gasteiger partial charge in [-0.1, -0.05) is 53.2 Å². The van der Waals surface area contributed by atoms with Gasteiger partial charge in [0.2, 0.25) is 11.7 Å². The average Bonchev–Trinajstić information content (AvgIpc) is 3.35. The van der Waals surface area contributed by atoms with Gasteiger partial charge < -0.3 is 19.1 Å². The Hall–Kier alpha value is -3.62. The predicted molar refractivity (Wildman–Crippen MR) is 149 cm³/mol. The van der Waals surface area contributed by atoms with E-state index in [0.29, 0.717) is 33.1 Å². The molecular formula is C28H28ClN3O4S. The highest BCUT2D eigenvalue weighted by molar-refractivity contribution is 7.99. The van der Waals surface area contributed by atoms with Crippen LogP contribution in [-0.2, 0) is 4.79 Å². The molecule has 0 aliphatic rings. The Morgan fingerprint density at radius 3 is 2.24 bits per heavy atom. The molecule has 0 aliphatic heterocycles. The summed E-state index contributed by atoms with van der Waals surface area (Å²) in [5, 5.41) is 1.20. The first kappa shape index (κ1) is 26.4. The van der Waals surface area contributed by atoms with Gasteiger partial charge in [0.1, 0.15) is 0 Å². The van der Waals surface area contributed by atoms with Crippen LogP contribution >= 0.6 is 23.4 Å². The number of benzene rings is 3. The molecule has 0 radical (unpaired) electrons. The molecule has 0 aliphatic carbocycles. The second-order valence-corrected chi connectivity index (χ2v) is 9.55. The zero-order valence-corrected chi connectivity index (χ0v) is 22.9. The molecule has 0 N–H and O–H groups in total. The van der Waals surface area contributed by atoms with Gasteiger partial charge in [-0.25, -0.2) is 4.98 Å². The van der Waals surface area contributed by atoms with E-state index in [4.69, 9.17) is 25.8 Å². The van der Waals surface area contributed by atoms with E-state index >= 15 is 0 Å². The molecule has 1 heterocycles. The number of anilines is 1. The Kier molecular flexibility index (Phi) is 8.31. The summed E-state index contributed by atoms with van der Waals surface area (Å²) in [5.41, 5.74) is 4.37. The number of aromatic nitrogens is 2. The van der Waals surface area contributed by atoms with Crippen molar-refractivity contribution in [2.24, 2.45) is 0 Å². The number of halogens is 1. The fourth-order valence-electron chi connectivity index (χ4n) is 3.89. The average molecular weight is 538 g/mol. The van der Waals surface area contributed by atoms with Crippen molar-refractivity contribution in [2.45, 2.75) is 12.1 Å². The third-order valence-electron chi connectivity index (χ3n) is 5.89. The van der Waals surface area contributed by atoms with Crippen LogP contribution in [-0.4, -0.2) is 49.6 Å². The van der Waals surface area contributed by atoms with Gasteiger partial charge in [-0.05, 0) is 43.3 Å². The molecule has 9 heteroatoms. The molecule has 0 spiro atoms. The molecule has 0 saturated heterocycles. The Labute approximate surface area is 225 Å². The first-order valence-corrected chi connectivity index (χ1v) is 12.8. The smallest absolute Gasteiger partial charge is 0.237 e. The Balaban J connectivity index is 1.72. The zero-order valence-electron chi connectivity index (χ0n) is 21.3. The summed E-state index contributed by atoms with van der Waals surface area (Å²) in [6.07, 6.45) is 1.78. The van der Waals surface area contributed by atoms with Gasteiger partial charge >= 0.3 is 0 Å². The molecular weight excluding hydrogens is 510 g/mol. The lowest BCUT2D eigenvalue weighted by Crippen LogP contribution is -2.28. The Bertz CT molecular complexity index is 1380. The van der Waals surface area contributed by atoms with E-state index < -0.39 is 0 Å². The van der Waals surface area contributed by atoms with E-state index in [0.717, 1.165) is 22.5 Å². The molecule has 4 rings (SSSR count). The van der Waals surface area contributed by atoms with Crippen LogP contribution in [0.25, 0.3) is 16.9 Å². The van der Waals surface area contributed by atoms with Crippen molar-refractivity contribution in [1.29, 1.82) is 0 Å². The first-order valence-electron chi connectivity index (χ1n) is 11.5. The number of carbonyl (C=O) groups is 1. The van der Waals surface area contributed by atoms with Gasteiger partial charge in [-0.3, -0.25) is 9.36 Å². The molecule has 37 heavy (non-hydrogen) atoms. The molecule has 3 aromatic carbocycles. The van der Waals surface area contributed by atoms with Crippen LogP contribution in [0.2, 0.25) is 5.02 Å². The molecule has 0 saturated carbocycles. The van der Waals surface area contributed by atoms with Crippen molar-refractivity contribution in [2.75, 3.05) is 39.0 Å². The lowest BCUT2D eigenvalue weighted by molar-refractivity contribution is -0.115. The van der Waals surface area contributed by atoms with Gasteiger partial charge in [0.15, 0.2) is 16.7 Å². The zero-order chi connectivity index (χ0) is 26.5. The third-order valence-corrected chi connectivity index (χ3v) is 7.15. The number of thioether (sulfide) groups is 1. The van der Waals surface area contributed by atoms with Crippen LogP contribution in [0.1, 0.15) is 5.56 Å². The topological polar surface area (TPSA) is 65.8 Å². The molecule has 0 unspecified atom stereocenters. The monoisotopic (exact) mass is 537 g/mol. The summed E-state index contributed by atoms with van der Waals surface area (Å²) >= 11 is 7.65. The number of carbonyl (C=O) groups excluding carboxylic acids is 1. The van der Waals surface area contributed by atoms with Crippen LogP contribution in [0.5, 0.6) is 17.2 Å². The van der Waals surface area contributed by atoms with E-state index in [1.807, 2.05) is 66.1 Å². The highest BCUT2D eigenvalue weighted by Crippen LogP contribution is 2.42. The van der Waals surface area contributed by atoms with Crippen molar-refractivity contribution < 1.29 is 19.0 Å². The minimum atomic E-state index is -0.0918. The summed E-state index contributed by atoms with van der Waals surface area (Å²) in [4.78, 5) is 19.3. The van der Waals surface area contributed by atoms with E-state index in [1.54, 1.807) is 45.5 Å². The first-order chi connectivity index (χ1) is 17.9. The number of hydrogen-bond donors (Lipinski definition) is 0. The van der Waals surface area contributed by atoms with Gasteiger partial charge in [0.25, 0.3) is 0 Å². The molecule has 0 atom stereocenters. The van der Waals surface area contributed by atoms with E-state index in [9.17, 15) is 4.79 Å². The van der Waals surface area contributed by atoms with Gasteiger partial charge in [0, 0.05) is 18.3 Å². The van der Waals surface area contributed by atoms with Crippen LogP contribution in [0.15, 0.2) is 72.0 Å². The number of amides is 1. The molecule has 1 amide bonds. The summed E-state index contributed by atoms with van der Waals surface area (Å²) < 4.78 is 18.6. The van der Waals surface area contributed by atoms with Gasteiger partial charge in [-0.15, -0.1) is 0 Å². The minimum absolute atomic E-state index is 0.0918. The predicted octanol–water partition coefficient (Wildman–Crippen LogP) is 6.28. The van der Waals surface area contributed by atoms with Crippen LogP contribution < -0.4 is 19.1 Å². The van der Waals surface area contributed by atoms with E-state index in [1.165, 1.54) is 11.8 Å². The lowest BCUT2D eigenvalue weighted by atomic mass is 10.1. The molecule has 0 bridgehead atoms. The van der Waals surface area contributed by atoms with Crippen molar-refractivity contribution in [3.63, 3.8) is 0 Å². The number of methoxy groups -OCH3 is 3. The van der Waals surface area contributed by atoms with E-state index in [-0.39, 0.29) is 11.7 Å². The maximum atomic E-state index is 13.0. The second kappa shape index (κ2) is 11.6. The number of ether oxygens (including phenoxy) is 3. The minimum Gasteiger partial charge on any atom is -0.493 e. The number of nitrogens with zero attached hydrogens (tertiary/aromatic N) is 3. The molecule has 7 nitrogen and oxygen atoms in total. The summed E-state index contributed by atoms with van der Waals surface area (Å²) in [7, 11) is 6.46. The summed E-state index contributed by atoms with van der Waals surface area (Å²) in [5.74, 6) is 1.68. The number of imidazole rings is 1. The van der Waals surface area contributed by atoms with Crippen molar-refractivity contribution in [3.05, 3.63) is 77.4 Å². The second-order valence-electron chi connectivity index (χ2n) is 8.20. The fraction of sp³-hybridized carbons (Fsp3) is 0.214. The molecule has 1 aromatic heterocycles. The molecule has 192 valence electrons. The maximum absolute atomic E-state index is 13.0. The maximum Gasteiger partial charge on any atom is 0.237 e. The van der Waals surface area contributed by atoms with Crippen LogP contribution in [0.4, 0.5) is 5.69 Å². The van der Waals surface area contributed by atoms with Crippen molar-refractivity contribution >= 4 is 35.0 Å². The number of hydrogen-bond acceptors (Lipinski definition) is 6. The fourth-order valence-corrected chi connectivity index (χ4v) is 5.06. The Morgan fingerprint density at radius 2 is 1.65 bits per heavy atom. The summed E-state index contributed by atoms with van der Waals surface area (Å²) in [6, 6.07) is 19.2. The number of rotatable bonds is 9. The third kappa shape index (κ3) is 5.55. The van der Waals surface area contributed by atoms with Gasteiger partial charge in [-0.2, -0.15) is 0 Å². The SMILES string of the molecule is COc1cc(-c2cnc(SCC(=O)N(C)c3ccccc3Cl)n2-c2ccc(C)cc2)cc(OC)c1OC. The number of para-hydroxylation sites is 1. The highest BCUT2D eigenvalue weighted by atomic mass is 35.5.